The molecule has 0 atom stereocenters. The van der Waals surface area contributed by atoms with Crippen molar-refractivity contribution in [3.8, 4) is 0 Å². The fourth-order valence-electron chi connectivity index (χ4n) is 1.06. The first kappa shape index (κ1) is 12.9. The van der Waals surface area contributed by atoms with Crippen molar-refractivity contribution in [3.63, 3.8) is 0 Å². The van der Waals surface area contributed by atoms with Crippen molar-refractivity contribution in [3.05, 3.63) is 35.9 Å². The van der Waals surface area contributed by atoms with Crippen LogP contribution in [0.2, 0.25) is 0 Å². The summed E-state index contributed by atoms with van der Waals surface area (Å²) in [5.41, 5.74) is 6.36. The molecule has 0 unspecified atom stereocenters. The zero-order chi connectivity index (χ0) is 9.52. The predicted octanol–water partition coefficient (Wildman–Crippen LogP) is 0.726. The largest absolute Gasteiger partial charge is 0.355 e. The first-order valence-electron chi connectivity index (χ1n) is 4.33. The van der Waals surface area contributed by atoms with E-state index in [0.717, 1.165) is 6.42 Å². The van der Waals surface area contributed by atoms with Gasteiger partial charge in [-0.25, -0.2) is 0 Å². The molecule has 0 aliphatic carbocycles. The lowest BCUT2D eigenvalue weighted by Gasteiger charge is -2.02. The zero-order valence-electron chi connectivity index (χ0n) is 7.90. The third kappa shape index (κ3) is 4.84. The Hall–Kier alpha value is -1.06. The van der Waals surface area contributed by atoms with Crippen LogP contribution in [0.4, 0.5) is 0 Å². The molecule has 3 N–H and O–H groups in total. The van der Waals surface area contributed by atoms with E-state index in [4.69, 9.17) is 5.73 Å². The van der Waals surface area contributed by atoms with E-state index >= 15 is 0 Å². The van der Waals surface area contributed by atoms with Gasteiger partial charge in [-0.1, -0.05) is 30.3 Å². The lowest BCUT2D eigenvalue weighted by atomic mass is 10.1. The van der Waals surface area contributed by atoms with Crippen molar-refractivity contribution >= 4 is 18.3 Å². The van der Waals surface area contributed by atoms with Gasteiger partial charge in [0.2, 0.25) is 5.91 Å². The van der Waals surface area contributed by atoms with Crippen molar-refractivity contribution < 1.29 is 4.79 Å². The Bertz CT molecular complexity index is 264. The Morgan fingerprint density at radius 1 is 1.29 bits per heavy atom. The molecule has 0 spiro atoms. The highest BCUT2D eigenvalue weighted by Gasteiger charge is 1.95. The Balaban J connectivity index is 0.00000169. The van der Waals surface area contributed by atoms with E-state index in [1.807, 2.05) is 30.3 Å². The number of halogens is 1. The second-order valence-electron chi connectivity index (χ2n) is 2.79. The van der Waals surface area contributed by atoms with Gasteiger partial charge in [-0.15, -0.1) is 12.4 Å². The standard InChI is InChI=1S/C10H14N2O.ClH/c11-8-10(13)12-7-6-9-4-2-1-3-5-9;/h1-5H,6-8,11H2,(H,12,13);1H. The molecule has 1 aromatic carbocycles. The predicted molar refractivity (Wildman–Crippen MR) is 59.5 cm³/mol. The summed E-state index contributed by atoms with van der Waals surface area (Å²) in [5, 5.41) is 2.72. The molecule has 0 aromatic heterocycles. The van der Waals surface area contributed by atoms with Gasteiger partial charge in [-0.05, 0) is 12.0 Å². The minimum atomic E-state index is -0.101. The van der Waals surface area contributed by atoms with Crippen LogP contribution in [-0.4, -0.2) is 19.0 Å². The number of rotatable bonds is 4. The van der Waals surface area contributed by atoms with Crippen LogP contribution >= 0.6 is 12.4 Å². The monoisotopic (exact) mass is 214 g/mol. The SMILES string of the molecule is Cl.NCC(=O)NCCc1ccccc1. The average molecular weight is 215 g/mol. The van der Waals surface area contributed by atoms with Crippen molar-refractivity contribution in [1.82, 2.24) is 5.32 Å². The first-order chi connectivity index (χ1) is 6.33. The molecule has 14 heavy (non-hydrogen) atoms. The number of amides is 1. The number of benzene rings is 1. The molecular weight excluding hydrogens is 200 g/mol. The highest BCUT2D eigenvalue weighted by Crippen LogP contribution is 1.97. The van der Waals surface area contributed by atoms with Crippen LogP contribution in [0.3, 0.4) is 0 Å². The average Bonchev–Trinajstić information content (AvgIpc) is 2.19. The molecule has 0 saturated carbocycles. The number of nitrogens with one attached hydrogen (secondary N) is 1. The summed E-state index contributed by atoms with van der Waals surface area (Å²) in [4.78, 5) is 10.8. The molecule has 0 saturated heterocycles. The quantitative estimate of drug-likeness (QED) is 0.777. The second-order valence-corrected chi connectivity index (χ2v) is 2.79. The van der Waals surface area contributed by atoms with Crippen LogP contribution in [0.25, 0.3) is 0 Å². The molecule has 0 heterocycles. The first-order valence-corrected chi connectivity index (χ1v) is 4.33. The highest BCUT2D eigenvalue weighted by atomic mass is 35.5. The summed E-state index contributed by atoms with van der Waals surface area (Å²) in [6.45, 7) is 0.717. The maximum atomic E-state index is 10.8. The summed E-state index contributed by atoms with van der Waals surface area (Å²) in [5.74, 6) is -0.101. The summed E-state index contributed by atoms with van der Waals surface area (Å²) in [6, 6.07) is 10.0. The van der Waals surface area contributed by atoms with Gasteiger partial charge in [0, 0.05) is 6.54 Å². The van der Waals surface area contributed by atoms with E-state index in [1.165, 1.54) is 5.56 Å². The van der Waals surface area contributed by atoms with Crippen LogP contribution in [-0.2, 0) is 11.2 Å². The molecule has 0 bridgehead atoms. The molecule has 1 amide bonds. The lowest BCUT2D eigenvalue weighted by Crippen LogP contribution is -2.31. The molecule has 0 fully saturated rings. The van der Waals surface area contributed by atoms with Crippen molar-refractivity contribution in [1.29, 1.82) is 0 Å². The highest BCUT2D eigenvalue weighted by molar-refractivity contribution is 5.85. The fraction of sp³-hybridized carbons (Fsp3) is 0.300. The Morgan fingerprint density at radius 2 is 1.93 bits per heavy atom. The number of nitrogens with two attached hydrogens (primary N) is 1. The summed E-state index contributed by atoms with van der Waals surface area (Å²) in [7, 11) is 0. The van der Waals surface area contributed by atoms with Crippen molar-refractivity contribution in [2.75, 3.05) is 13.1 Å². The van der Waals surface area contributed by atoms with Crippen LogP contribution in [0, 0.1) is 0 Å². The minimum absolute atomic E-state index is 0. The van der Waals surface area contributed by atoms with Crippen LogP contribution in [0.1, 0.15) is 5.56 Å². The van der Waals surface area contributed by atoms with Crippen molar-refractivity contribution in [2.45, 2.75) is 6.42 Å². The van der Waals surface area contributed by atoms with Gasteiger partial charge in [0.1, 0.15) is 0 Å². The molecule has 78 valence electrons. The van der Waals surface area contributed by atoms with E-state index in [-0.39, 0.29) is 24.9 Å². The number of carbonyl (C=O) groups is 1. The molecule has 0 radical (unpaired) electrons. The number of carbonyl (C=O) groups excluding carboxylic acids is 1. The molecule has 0 aliphatic heterocycles. The lowest BCUT2D eigenvalue weighted by molar-refractivity contribution is -0.119. The molecule has 3 nitrogen and oxygen atoms in total. The summed E-state index contributed by atoms with van der Waals surface area (Å²) in [6.07, 6.45) is 0.854. The second kappa shape index (κ2) is 7.35. The van der Waals surface area contributed by atoms with Gasteiger partial charge in [0.15, 0.2) is 0 Å². The molecule has 1 rings (SSSR count). The summed E-state index contributed by atoms with van der Waals surface area (Å²) < 4.78 is 0. The van der Waals surface area contributed by atoms with Crippen LogP contribution < -0.4 is 11.1 Å². The van der Waals surface area contributed by atoms with E-state index in [9.17, 15) is 4.79 Å². The van der Waals surface area contributed by atoms with Gasteiger partial charge in [0.05, 0.1) is 6.54 Å². The maximum Gasteiger partial charge on any atom is 0.233 e. The van der Waals surface area contributed by atoms with Gasteiger partial charge < -0.3 is 11.1 Å². The van der Waals surface area contributed by atoms with Gasteiger partial charge >= 0.3 is 0 Å². The Morgan fingerprint density at radius 3 is 2.50 bits per heavy atom. The Kier molecular flexibility index (Phi) is 6.80. The third-order valence-corrected chi connectivity index (χ3v) is 1.76. The molecule has 1 aromatic rings. The van der Waals surface area contributed by atoms with Crippen LogP contribution in [0.5, 0.6) is 0 Å². The van der Waals surface area contributed by atoms with Crippen molar-refractivity contribution in [2.24, 2.45) is 5.73 Å². The maximum absolute atomic E-state index is 10.8. The third-order valence-electron chi connectivity index (χ3n) is 1.76. The van der Waals surface area contributed by atoms with E-state index in [1.54, 1.807) is 0 Å². The molecule has 4 heteroatoms. The van der Waals surface area contributed by atoms with E-state index in [0.29, 0.717) is 6.54 Å². The van der Waals surface area contributed by atoms with E-state index < -0.39 is 0 Å². The summed E-state index contributed by atoms with van der Waals surface area (Å²) >= 11 is 0. The number of hydrogen-bond donors (Lipinski definition) is 2. The molecule has 0 aliphatic rings. The topological polar surface area (TPSA) is 55.1 Å². The fourth-order valence-corrected chi connectivity index (χ4v) is 1.06. The normalized spacial score (nSPS) is 8.93. The van der Waals surface area contributed by atoms with Gasteiger partial charge in [0.25, 0.3) is 0 Å². The van der Waals surface area contributed by atoms with Gasteiger partial charge in [-0.2, -0.15) is 0 Å². The minimum Gasteiger partial charge on any atom is -0.355 e. The van der Waals surface area contributed by atoms with E-state index in [2.05, 4.69) is 5.32 Å². The van der Waals surface area contributed by atoms with Crippen LogP contribution in [0.15, 0.2) is 30.3 Å². The number of hydrogen-bond acceptors (Lipinski definition) is 2. The molecular formula is C10H15ClN2O. The Labute approximate surface area is 90.1 Å². The smallest absolute Gasteiger partial charge is 0.233 e. The van der Waals surface area contributed by atoms with Gasteiger partial charge in [-0.3, -0.25) is 4.79 Å². The zero-order valence-corrected chi connectivity index (χ0v) is 8.72.